The fourth-order valence-electron chi connectivity index (χ4n) is 2.56. The average Bonchev–Trinajstić information content (AvgIpc) is 2.47. The van der Waals surface area contributed by atoms with Gasteiger partial charge in [-0.05, 0) is 31.7 Å². The van der Waals surface area contributed by atoms with Crippen LogP contribution in [0, 0.1) is 16.0 Å². The average molecular weight is 281 g/mol. The Labute approximate surface area is 117 Å². The lowest BCUT2D eigenvalue weighted by Crippen LogP contribution is -2.35. The molecule has 0 saturated carbocycles. The standard InChI is InChI=1S/C12H19N5O3/c1-20-12-10(17(18)19)11(14-8-15-12)16-6-3-9(2-5-13)4-7-16/h8-9H,2-7,13H2,1H3. The molecule has 0 unspecified atom stereocenters. The lowest BCUT2D eigenvalue weighted by Gasteiger charge is -2.32. The fourth-order valence-corrected chi connectivity index (χ4v) is 2.56. The predicted octanol–water partition coefficient (Wildman–Crippen LogP) is 0.959. The minimum atomic E-state index is -0.486. The molecule has 0 bridgehead atoms. The van der Waals surface area contributed by atoms with Crippen LogP contribution in [0.5, 0.6) is 5.88 Å². The Morgan fingerprint density at radius 1 is 1.50 bits per heavy atom. The number of ether oxygens (including phenoxy) is 1. The van der Waals surface area contributed by atoms with Crippen LogP contribution in [0.15, 0.2) is 6.33 Å². The molecule has 110 valence electrons. The van der Waals surface area contributed by atoms with Gasteiger partial charge in [0.05, 0.1) is 12.0 Å². The highest BCUT2D eigenvalue weighted by Gasteiger charge is 2.30. The molecule has 0 amide bonds. The predicted molar refractivity (Wildman–Crippen MR) is 73.8 cm³/mol. The zero-order chi connectivity index (χ0) is 14.5. The molecule has 20 heavy (non-hydrogen) atoms. The second kappa shape index (κ2) is 6.47. The Hall–Kier alpha value is -1.96. The minimum absolute atomic E-state index is 0.00378. The Kier molecular flexibility index (Phi) is 4.67. The van der Waals surface area contributed by atoms with Gasteiger partial charge in [-0.1, -0.05) is 0 Å². The van der Waals surface area contributed by atoms with Gasteiger partial charge in [-0.2, -0.15) is 4.98 Å². The third kappa shape index (κ3) is 2.96. The first-order valence-corrected chi connectivity index (χ1v) is 6.65. The number of piperidine rings is 1. The maximum Gasteiger partial charge on any atom is 0.372 e. The summed E-state index contributed by atoms with van der Waals surface area (Å²) in [4.78, 5) is 20.5. The molecule has 2 rings (SSSR count). The van der Waals surface area contributed by atoms with Gasteiger partial charge in [-0.15, -0.1) is 0 Å². The summed E-state index contributed by atoms with van der Waals surface area (Å²) in [5, 5.41) is 11.2. The van der Waals surface area contributed by atoms with Crippen LogP contribution in [-0.2, 0) is 0 Å². The molecule has 0 aromatic carbocycles. The molecule has 1 aromatic rings. The lowest BCUT2D eigenvalue weighted by atomic mass is 9.93. The van der Waals surface area contributed by atoms with E-state index in [4.69, 9.17) is 10.5 Å². The van der Waals surface area contributed by atoms with Crippen molar-refractivity contribution in [3.05, 3.63) is 16.4 Å². The molecule has 0 aliphatic carbocycles. The van der Waals surface area contributed by atoms with Gasteiger partial charge in [-0.25, -0.2) is 4.98 Å². The Morgan fingerprint density at radius 2 is 2.20 bits per heavy atom. The van der Waals surface area contributed by atoms with Gasteiger partial charge < -0.3 is 15.4 Å². The van der Waals surface area contributed by atoms with Gasteiger partial charge in [0.1, 0.15) is 6.33 Å². The number of hydrogen-bond donors (Lipinski definition) is 1. The van der Waals surface area contributed by atoms with Crippen LogP contribution in [0.2, 0.25) is 0 Å². The molecule has 8 nitrogen and oxygen atoms in total. The van der Waals surface area contributed by atoms with Crippen molar-refractivity contribution in [1.29, 1.82) is 0 Å². The van der Waals surface area contributed by atoms with Gasteiger partial charge in [0.25, 0.3) is 5.88 Å². The van der Waals surface area contributed by atoms with Crippen LogP contribution in [0.3, 0.4) is 0 Å². The van der Waals surface area contributed by atoms with Crippen molar-refractivity contribution < 1.29 is 9.66 Å². The summed E-state index contributed by atoms with van der Waals surface area (Å²) >= 11 is 0. The van der Waals surface area contributed by atoms with E-state index in [9.17, 15) is 10.1 Å². The van der Waals surface area contributed by atoms with Gasteiger partial charge in [-0.3, -0.25) is 10.1 Å². The second-order valence-corrected chi connectivity index (χ2v) is 4.82. The van der Waals surface area contributed by atoms with Gasteiger partial charge in [0, 0.05) is 13.1 Å². The first kappa shape index (κ1) is 14.4. The summed E-state index contributed by atoms with van der Waals surface area (Å²) in [5.74, 6) is 0.941. The topological polar surface area (TPSA) is 107 Å². The second-order valence-electron chi connectivity index (χ2n) is 4.82. The third-order valence-corrected chi connectivity index (χ3v) is 3.63. The Morgan fingerprint density at radius 3 is 2.75 bits per heavy atom. The molecule has 0 spiro atoms. The minimum Gasteiger partial charge on any atom is -0.476 e. The molecule has 1 aromatic heterocycles. The first-order valence-electron chi connectivity index (χ1n) is 6.65. The highest BCUT2D eigenvalue weighted by molar-refractivity contribution is 5.62. The normalized spacial score (nSPS) is 16.2. The van der Waals surface area contributed by atoms with Crippen molar-refractivity contribution in [2.75, 3.05) is 31.6 Å². The lowest BCUT2D eigenvalue weighted by molar-refractivity contribution is -0.385. The molecule has 2 N–H and O–H groups in total. The van der Waals surface area contributed by atoms with E-state index in [0.29, 0.717) is 18.3 Å². The number of hydrogen-bond acceptors (Lipinski definition) is 7. The Balaban J connectivity index is 2.19. The first-order chi connectivity index (χ1) is 9.67. The summed E-state index contributed by atoms with van der Waals surface area (Å²) in [6, 6.07) is 0. The van der Waals surface area contributed by atoms with Gasteiger partial charge >= 0.3 is 5.69 Å². The highest BCUT2D eigenvalue weighted by Crippen LogP contribution is 2.35. The highest BCUT2D eigenvalue weighted by atomic mass is 16.6. The van der Waals surface area contributed by atoms with Crippen LogP contribution < -0.4 is 15.4 Å². The maximum atomic E-state index is 11.2. The van der Waals surface area contributed by atoms with E-state index >= 15 is 0 Å². The van der Waals surface area contributed by atoms with E-state index in [2.05, 4.69) is 9.97 Å². The molecule has 1 saturated heterocycles. The number of nitrogens with two attached hydrogens (primary N) is 1. The molecule has 0 radical (unpaired) electrons. The number of methoxy groups -OCH3 is 1. The third-order valence-electron chi connectivity index (χ3n) is 3.63. The van der Waals surface area contributed by atoms with E-state index in [0.717, 1.165) is 32.4 Å². The summed E-state index contributed by atoms with van der Waals surface area (Å²) < 4.78 is 4.96. The zero-order valence-corrected chi connectivity index (χ0v) is 11.5. The molecular weight excluding hydrogens is 262 g/mol. The van der Waals surface area contributed by atoms with Crippen LogP contribution in [0.4, 0.5) is 11.5 Å². The molecule has 8 heteroatoms. The number of nitro groups is 1. The molecule has 2 heterocycles. The van der Waals surface area contributed by atoms with E-state index in [1.165, 1.54) is 13.4 Å². The van der Waals surface area contributed by atoms with Crippen molar-refractivity contribution in [3.8, 4) is 5.88 Å². The number of anilines is 1. The number of nitrogens with zero attached hydrogens (tertiary/aromatic N) is 4. The summed E-state index contributed by atoms with van der Waals surface area (Å²) in [6.07, 6.45) is 4.25. The molecule has 1 fully saturated rings. The quantitative estimate of drug-likeness (QED) is 0.632. The number of rotatable bonds is 5. The zero-order valence-electron chi connectivity index (χ0n) is 11.5. The van der Waals surface area contributed by atoms with Gasteiger partial charge in [0.15, 0.2) is 0 Å². The molecule has 1 aliphatic heterocycles. The summed E-state index contributed by atoms with van der Waals surface area (Å²) in [6.45, 7) is 2.17. The molecule has 1 aliphatic rings. The van der Waals surface area contributed by atoms with Crippen molar-refractivity contribution in [3.63, 3.8) is 0 Å². The van der Waals surface area contributed by atoms with Crippen molar-refractivity contribution >= 4 is 11.5 Å². The van der Waals surface area contributed by atoms with E-state index in [1.54, 1.807) is 0 Å². The summed E-state index contributed by atoms with van der Waals surface area (Å²) in [7, 11) is 1.37. The smallest absolute Gasteiger partial charge is 0.372 e. The van der Waals surface area contributed by atoms with Gasteiger partial charge in [0.2, 0.25) is 5.82 Å². The van der Waals surface area contributed by atoms with Crippen molar-refractivity contribution in [2.45, 2.75) is 19.3 Å². The molecule has 0 atom stereocenters. The SMILES string of the molecule is COc1ncnc(N2CCC(CCN)CC2)c1[N+](=O)[O-]. The molecular formula is C12H19N5O3. The Bertz CT molecular complexity index is 474. The van der Waals surface area contributed by atoms with E-state index in [1.807, 2.05) is 4.90 Å². The number of aromatic nitrogens is 2. The maximum absolute atomic E-state index is 11.2. The van der Waals surface area contributed by atoms with Crippen LogP contribution >= 0.6 is 0 Å². The van der Waals surface area contributed by atoms with Crippen LogP contribution in [0.25, 0.3) is 0 Å². The van der Waals surface area contributed by atoms with Crippen LogP contribution in [-0.4, -0.2) is 41.6 Å². The summed E-state index contributed by atoms with van der Waals surface area (Å²) in [5.41, 5.74) is 5.41. The fraction of sp³-hybridized carbons (Fsp3) is 0.667. The van der Waals surface area contributed by atoms with Crippen LogP contribution in [0.1, 0.15) is 19.3 Å². The van der Waals surface area contributed by atoms with E-state index < -0.39 is 4.92 Å². The van der Waals surface area contributed by atoms with Crippen molar-refractivity contribution in [2.24, 2.45) is 11.7 Å². The largest absolute Gasteiger partial charge is 0.476 e. The monoisotopic (exact) mass is 281 g/mol. The van der Waals surface area contributed by atoms with Crippen molar-refractivity contribution in [1.82, 2.24) is 9.97 Å². The van der Waals surface area contributed by atoms with E-state index in [-0.39, 0.29) is 11.6 Å².